The van der Waals surface area contributed by atoms with Crippen LogP contribution in [0.1, 0.15) is 37.3 Å². The molecule has 2 atom stereocenters. The lowest BCUT2D eigenvalue weighted by atomic mass is 10.0. The Bertz CT molecular complexity index is 467. The van der Waals surface area contributed by atoms with Gasteiger partial charge in [0.25, 0.3) is 0 Å². The number of halogens is 4. The predicted molar refractivity (Wildman–Crippen MR) is 70.0 cm³/mol. The van der Waals surface area contributed by atoms with Crippen LogP contribution in [-0.4, -0.2) is 13.1 Å². The number of alkyl halides is 3. The molecule has 1 aromatic rings. The van der Waals surface area contributed by atoms with Crippen molar-refractivity contribution in [2.45, 2.75) is 32.4 Å². The Hall–Kier alpha value is -1.10. The molecule has 0 heterocycles. The smallest absolute Gasteiger partial charge is 0.316 e. The summed E-state index contributed by atoms with van der Waals surface area (Å²) in [7, 11) is 0. The normalized spacial score (nSPS) is 22.4. The van der Waals surface area contributed by atoms with Crippen LogP contribution in [0.5, 0.6) is 0 Å². The third kappa shape index (κ3) is 3.72. The van der Waals surface area contributed by atoms with Gasteiger partial charge in [-0.25, -0.2) is 4.39 Å². The minimum absolute atomic E-state index is 0.105. The minimum Gasteiger partial charge on any atom is -0.316 e. The molecular formula is C15H19F4N. The third-order valence-electron chi connectivity index (χ3n) is 3.60. The lowest BCUT2D eigenvalue weighted by Gasteiger charge is -2.13. The van der Waals surface area contributed by atoms with Gasteiger partial charge in [0.1, 0.15) is 5.82 Å². The SMILES string of the molecule is CC(C)CNCC1CC1c1ccc(F)cc1C(F)(F)F. The van der Waals surface area contributed by atoms with Crippen molar-refractivity contribution in [3.8, 4) is 0 Å². The van der Waals surface area contributed by atoms with Crippen molar-refractivity contribution >= 4 is 0 Å². The quantitative estimate of drug-likeness (QED) is 0.801. The van der Waals surface area contributed by atoms with E-state index in [1.807, 2.05) is 0 Å². The molecule has 0 saturated heterocycles. The highest BCUT2D eigenvalue weighted by molar-refractivity contribution is 5.37. The zero-order valence-electron chi connectivity index (χ0n) is 11.6. The second-order valence-corrected chi connectivity index (χ2v) is 5.88. The molecule has 1 aliphatic carbocycles. The van der Waals surface area contributed by atoms with Gasteiger partial charge in [-0.2, -0.15) is 13.2 Å². The van der Waals surface area contributed by atoms with Crippen molar-refractivity contribution < 1.29 is 17.6 Å². The van der Waals surface area contributed by atoms with E-state index in [0.29, 0.717) is 12.0 Å². The van der Waals surface area contributed by atoms with Crippen LogP contribution in [-0.2, 0) is 6.18 Å². The number of benzene rings is 1. The summed E-state index contributed by atoms with van der Waals surface area (Å²) in [4.78, 5) is 0. The van der Waals surface area contributed by atoms with E-state index in [-0.39, 0.29) is 17.4 Å². The van der Waals surface area contributed by atoms with Gasteiger partial charge in [-0.3, -0.25) is 0 Å². The van der Waals surface area contributed by atoms with Gasteiger partial charge >= 0.3 is 6.18 Å². The largest absolute Gasteiger partial charge is 0.416 e. The molecule has 0 aliphatic heterocycles. The van der Waals surface area contributed by atoms with Gasteiger partial charge in [0.2, 0.25) is 0 Å². The van der Waals surface area contributed by atoms with Gasteiger partial charge in [0, 0.05) is 0 Å². The van der Waals surface area contributed by atoms with Crippen LogP contribution in [0.3, 0.4) is 0 Å². The fourth-order valence-corrected chi connectivity index (χ4v) is 2.51. The topological polar surface area (TPSA) is 12.0 Å². The molecule has 2 unspecified atom stereocenters. The summed E-state index contributed by atoms with van der Waals surface area (Å²) < 4.78 is 51.8. The second-order valence-electron chi connectivity index (χ2n) is 5.88. The molecular weight excluding hydrogens is 270 g/mol. The number of hydrogen-bond acceptors (Lipinski definition) is 1. The first-order chi connectivity index (χ1) is 9.29. The summed E-state index contributed by atoms with van der Waals surface area (Å²) in [5.41, 5.74) is -0.593. The fraction of sp³-hybridized carbons (Fsp3) is 0.600. The van der Waals surface area contributed by atoms with Gasteiger partial charge in [-0.15, -0.1) is 0 Å². The van der Waals surface area contributed by atoms with Gasteiger partial charge in [0.05, 0.1) is 5.56 Å². The average molecular weight is 289 g/mol. The molecule has 1 saturated carbocycles. The van der Waals surface area contributed by atoms with Crippen LogP contribution >= 0.6 is 0 Å². The summed E-state index contributed by atoms with van der Waals surface area (Å²) >= 11 is 0. The highest BCUT2D eigenvalue weighted by Crippen LogP contribution is 2.50. The molecule has 1 nitrogen and oxygen atoms in total. The minimum atomic E-state index is -4.49. The van der Waals surface area contributed by atoms with Gasteiger partial charge in [-0.1, -0.05) is 19.9 Å². The average Bonchev–Trinajstić information content (AvgIpc) is 3.06. The highest BCUT2D eigenvalue weighted by atomic mass is 19.4. The van der Waals surface area contributed by atoms with Gasteiger partial charge < -0.3 is 5.32 Å². The summed E-state index contributed by atoms with van der Waals surface area (Å²) in [6, 6.07) is 3.00. The first kappa shape index (κ1) is 15.3. The Morgan fingerprint density at radius 3 is 2.60 bits per heavy atom. The van der Waals surface area contributed by atoms with E-state index in [4.69, 9.17) is 0 Å². The molecule has 0 amide bonds. The molecule has 0 spiro atoms. The maximum Gasteiger partial charge on any atom is 0.416 e. The molecule has 0 radical (unpaired) electrons. The summed E-state index contributed by atoms with van der Waals surface area (Å²) in [6.07, 6.45) is -3.75. The van der Waals surface area contributed by atoms with E-state index in [9.17, 15) is 17.6 Å². The lowest BCUT2D eigenvalue weighted by molar-refractivity contribution is -0.138. The molecule has 5 heteroatoms. The van der Waals surface area contributed by atoms with Crippen LogP contribution in [0.2, 0.25) is 0 Å². The Labute approximate surface area is 116 Å². The van der Waals surface area contributed by atoms with Crippen molar-refractivity contribution in [2.24, 2.45) is 11.8 Å². The Kier molecular flexibility index (Phi) is 4.37. The third-order valence-corrected chi connectivity index (χ3v) is 3.60. The molecule has 1 N–H and O–H groups in total. The van der Waals surface area contributed by atoms with E-state index in [1.165, 1.54) is 6.07 Å². The number of hydrogen-bond donors (Lipinski definition) is 1. The van der Waals surface area contributed by atoms with Crippen LogP contribution in [0.25, 0.3) is 0 Å². The Morgan fingerprint density at radius 1 is 1.30 bits per heavy atom. The molecule has 1 fully saturated rings. The van der Waals surface area contributed by atoms with E-state index < -0.39 is 17.6 Å². The van der Waals surface area contributed by atoms with Crippen LogP contribution < -0.4 is 5.32 Å². The van der Waals surface area contributed by atoms with Crippen LogP contribution in [0.4, 0.5) is 17.6 Å². The van der Waals surface area contributed by atoms with Crippen molar-refractivity contribution in [3.05, 3.63) is 35.1 Å². The maximum absolute atomic E-state index is 13.0. The molecule has 0 bridgehead atoms. The van der Waals surface area contributed by atoms with E-state index in [0.717, 1.165) is 25.6 Å². The zero-order chi connectivity index (χ0) is 14.9. The highest BCUT2D eigenvalue weighted by Gasteiger charge is 2.44. The van der Waals surface area contributed by atoms with E-state index >= 15 is 0 Å². The zero-order valence-corrected chi connectivity index (χ0v) is 11.6. The van der Waals surface area contributed by atoms with E-state index in [2.05, 4.69) is 19.2 Å². The maximum atomic E-state index is 13.0. The Balaban J connectivity index is 2.04. The first-order valence-corrected chi connectivity index (χ1v) is 6.86. The molecule has 0 aromatic heterocycles. The number of rotatable bonds is 5. The van der Waals surface area contributed by atoms with E-state index in [1.54, 1.807) is 0 Å². The molecule has 1 aliphatic rings. The van der Waals surface area contributed by atoms with Crippen LogP contribution in [0, 0.1) is 17.7 Å². The summed E-state index contributed by atoms with van der Waals surface area (Å²) in [5.74, 6) is -0.202. The molecule has 2 rings (SSSR count). The van der Waals surface area contributed by atoms with Crippen molar-refractivity contribution in [3.63, 3.8) is 0 Å². The standard InChI is InChI=1S/C15H19F4N/c1-9(2)7-20-8-10-5-13(10)12-4-3-11(16)6-14(12)15(17,18)19/h3-4,6,9-10,13,20H,5,7-8H2,1-2H3. The summed E-state index contributed by atoms with van der Waals surface area (Å²) in [6.45, 7) is 5.74. The van der Waals surface area contributed by atoms with Gasteiger partial charge in [-0.05, 0) is 55.0 Å². The number of nitrogens with one attached hydrogen (secondary N) is 1. The van der Waals surface area contributed by atoms with Crippen molar-refractivity contribution in [1.82, 2.24) is 5.32 Å². The van der Waals surface area contributed by atoms with Gasteiger partial charge in [0.15, 0.2) is 0 Å². The van der Waals surface area contributed by atoms with Crippen LogP contribution in [0.15, 0.2) is 18.2 Å². The second kappa shape index (κ2) is 5.72. The monoisotopic (exact) mass is 289 g/mol. The first-order valence-electron chi connectivity index (χ1n) is 6.86. The lowest BCUT2D eigenvalue weighted by Crippen LogP contribution is -2.22. The summed E-state index contributed by atoms with van der Waals surface area (Å²) in [5, 5.41) is 3.26. The predicted octanol–water partition coefficient (Wildman–Crippen LogP) is 4.19. The Morgan fingerprint density at radius 2 is 2.00 bits per heavy atom. The molecule has 1 aromatic carbocycles. The molecule has 20 heavy (non-hydrogen) atoms. The fourth-order valence-electron chi connectivity index (χ4n) is 2.51. The van der Waals surface area contributed by atoms with Crippen molar-refractivity contribution in [2.75, 3.05) is 13.1 Å². The van der Waals surface area contributed by atoms with Crippen molar-refractivity contribution in [1.29, 1.82) is 0 Å². The molecule has 112 valence electrons.